The third kappa shape index (κ3) is 10.3. The Morgan fingerprint density at radius 1 is 0.931 bits per heavy atom. The Balaban J connectivity index is 0.00000107. The van der Waals surface area contributed by atoms with Crippen LogP contribution < -0.4 is 19.5 Å². The summed E-state index contributed by atoms with van der Waals surface area (Å²) in [4.78, 5) is 23.4. The summed E-state index contributed by atoms with van der Waals surface area (Å²) < 4.78 is 58.2. The fraction of sp³-hybridized carbons (Fsp3) is 0.381. The smallest absolute Gasteiger partial charge is 0.261 e. The summed E-state index contributed by atoms with van der Waals surface area (Å²) in [6, 6.07) is 24.3. The molecule has 4 aromatic carbocycles. The number of hydrogen-bond donors (Lipinski definition) is 2. The van der Waals surface area contributed by atoms with Gasteiger partial charge in [-0.2, -0.15) is 8.42 Å². The van der Waals surface area contributed by atoms with Gasteiger partial charge in [-0.05, 0) is 91.9 Å². The molecule has 2 aliphatic rings. The van der Waals surface area contributed by atoms with E-state index in [0.717, 1.165) is 73.4 Å². The summed E-state index contributed by atoms with van der Waals surface area (Å²) >= 11 is 12.9. The third-order valence-corrected chi connectivity index (χ3v) is 11.6. The second-order valence-corrected chi connectivity index (χ2v) is 17.0. The van der Waals surface area contributed by atoms with Gasteiger partial charge in [-0.1, -0.05) is 53.5 Å². The zero-order chi connectivity index (χ0) is 41.6. The standard InChI is InChI=1S/C41H44Cl2FN5O4.CH4O3S/c1-51-36-22-28(23-37(52-2)38(36)53-3)39(50)48-21-17-41(26-48,29-10-13-32(42)33(43)24-29)16-20-47-18-14-31(15-19-47)45-40-46-34-6-4-5-7-35(34)49(40)25-27-8-11-30(44)12-9-27;1-5(2,3)4/h4-13,22-24,31H,14-21,25-26H2,1-3H3,(H,45,46);1H3,(H,2,3,4). The van der Waals surface area contributed by atoms with Crippen LogP contribution in [0.25, 0.3) is 11.0 Å². The average Bonchev–Trinajstić information content (AvgIpc) is 3.80. The lowest BCUT2D eigenvalue weighted by atomic mass is 9.76. The fourth-order valence-corrected chi connectivity index (χ4v) is 8.11. The highest BCUT2D eigenvalue weighted by atomic mass is 35.5. The summed E-state index contributed by atoms with van der Waals surface area (Å²) in [6.45, 7) is 4.48. The number of hydrogen-bond acceptors (Lipinski definition) is 9. The van der Waals surface area contributed by atoms with E-state index >= 15 is 0 Å². The molecular weight excluding hydrogens is 808 g/mol. The highest BCUT2D eigenvalue weighted by Crippen LogP contribution is 2.43. The maximum absolute atomic E-state index is 14.0. The molecule has 1 aromatic heterocycles. The summed E-state index contributed by atoms with van der Waals surface area (Å²) in [6.07, 6.45) is 4.29. The number of anilines is 1. The first kappa shape index (κ1) is 43.0. The summed E-state index contributed by atoms with van der Waals surface area (Å²) in [7, 11) is 0.965. The normalized spacial score (nSPS) is 17.5. The van der Waals surface area contributed by atoms with Crippen molar-refractivity contribution in [3.63, 3.8) is 0 Å². The van der Waals surface area contributed by atoms with Crippen molar-refractivity contribution < 1.29 is 36.4 Å². The van der Waals surface area contributed by atoms with E-state index < -0.39 is 10.1 Å². The van der Waals surface area contributed by atoms with E-state index in [4.69, 9.17) is 46.9 Å². The number of para-hydroxylation sites is 2. The quantitative estimate of drug-likeness (QED) is 0.120. The van der Waals surface area contributed by atoms with Gasteiger partial charge in [0, 0.05) is 43.2 Å². The number of carbonyl (C=O) groups is 1. The van der Waals surface area contributed by atoms with Gasteiger partial charge in [-0.3, -0.25) is 9.35 Å². The molecular formula is C42H48Cl2FN5O7S. The lowest BCUT2D eigenvalue weighted by molar-refractivity contribution is 0.0779. The first-order valence-corrected chi connectivity index (χ1v) is 21.5. The number of piperidine rings is 1. The van der Waals surface area contributed by atoms with Gasteiger partial charge in [-0.15, -0.1) is 0 Å². The zero-order valence-electron chi connectivity index (χ0n) is 32.9. The van der Waals surface area contributed by atoms with Crippen molar-refractivity contribution in [1.29, 1.82) is 0 Å². The van der Waals surface area contributed by atoms with Crippen LogP contribution in [0, 0.1) is 5.82 Å². The Labute approximate surface area is 348 Å². The van der Waals surface area contributed by atoms with Crippen LogP contribution in [0.15, 0.2) is 78.9 Å². The Hall–Kier alpha value is -4.60. The van der Waals surface area contributed by atoms with Gasteiger partial charge in [-0.25, -0.2) is 9.37 Å². The van der Waals surface area contributed by atoms with Gasteiger partial charge < -0.3 is 33.9 Å². The van der Waals surface area contributed by atoms with Crippen LogP contribution in [-0.2, 0) is 22.1 Å². The number of amides is 1. The molecule has 58 heavy (non-hydrogen) atoms. The van der Waals surface area contributed by atoms with E-state index in [1.165, 1.54) is 12.1 Å². The van der Waals surface area contributed by atoms with Gasteiger partial charge in [0.1, 0.15) is 5.82 Å². The van der Waals surface area contributed by atoms with Crippen molar-refractivity contribution in [1.82, 2.24) is 19.4 Å². The number of rotatable bonds is 12. The molecule has 0 radical (unpaired) electrons. The van der Waals surface area contributed by atoms with Crippen LogP contribution in [0.4, 0.5) is 10.3 Å². The second kappa shape index (κ2) is 18.5. The van der Waals surface area contributed by atoms with Crippen LogP contribution in [0.1, 0.15) is 47.2 Å². The van der Waals surface area contributed by atoms with Gasteiger partial charge in [0.15, 0.2) is 11.5 Å². The van der Waals surface area contributed by atoms with Gasteiger partial charge >= 0.3 is 0 Å². The minimum Gasteiger partial charge on any atom is -0.493 e. The predicted octanol–water partition coefficient (Wildman–Crippen LogP) is 7.81. The molecule has 3 heterocycles. The summed E-state index contributed by atoms with van der Waals surface area (Å²) in [5.74, 6) is 1.81. The van der Waals surface area contributed by atoms with E-state index in [-0.39, 0.29) is 23.2 Å². The number of nitrogens with one attached hydrogen (secondary N) is 1. The zero-order valence-corrected chi connectivity index (χ0v) is 35.2. The number of fused-ring (bicyclic) bond motifs is 1. The molecule has 12 nitrogen and oxygen atoms in total. The van der Waals surface area contributed by atoms with E-state index in [1.807, 2.05) is 47.4 Å². The Bertz CT molecular complexity index is 2310. The molecule has 0 aliphatic carbocycles. The third-order valence-electron chi connectivity index (χ3n) is 10.8. The van der Waals surface area contributed by atoms with Crippen molar-refractivity contribution >= 4 is 56.2 Å². The maximum atomic E-state index is 14.0. The van der Waals surface area contributed by atoms with Crippen LogP contribution in [0.2, 0.25) is 10.0 Å². The first-order chi connectivity index (χ1) is 27.7. The molecule has 2 fully saturated rings. The van der Waals surface area contributed by atoms with E-state index in [9.17, 15) is 17.6 Å². The highest BCUT2D eigenvalue weighted by Gasteiger charge is 2.42. The van der Waals surface area contributed by atoms with Crippen LogP contribution in [-0.4, -0.2) is 105 Å². The Morgan fingerprint density at radius 2 is 1.59 bits per heavy atom. The number of likely N-dealkylation sites (tertiary alicyclic amines) is 2. The number of benzene rings is 4. The minimum absolute atomic E-state index is 0.0940. The molecule has 5 aromatic rings. The van der Waals surface area contributed by atoms with E-state index in [2.05, 4.69) is 26.9 Å². The number of nitrogens with zero attached hydrogens (tertiary/aromatic N) is 4. The number of imidazole rings is 1. The minimum atomic E-state index is -3.67. The second-order valence-electron chi connectivity index (χ2n) is 14.7. The number of halogens is 3. The molecule has 16 heteroatoms. The molecule has 1 amide bonds. The molecule has 310 valence electrons. The van der Waals surface area contributed by atoms with Gasteiger partial charge in [0.2, 0.25) is 11.7 Å². The fourth-order valence-electron chi connectivity index (χ4n) is 7.82. The monoisotopic (exact) mass is 855 g/mol. The van der Waals surface area contributed by atoms with E-state index in [0.29, 0.717) is 58.7 Å². The largest absolute Gasteiger partial charge is 0.493 e. The maximum Gasteiger partial charge on any atom is 0.261 e. The van der Waals surface area contributed by atoms with Gasteiger partial charge in [0.25, 0.3) is 16.0 Å². The SMILES string of the molecule is COc1cc(C(=O)N2CCC(CCN3CCC(Nc4nc5ccccc5n4Cc4ccc(F)cc4)CC3)(c3ccc(Cl)c(Cl)c3)C2)cc(OC)c1OC.CS(=O)(=O)O. The predicted molar refractivity (Wildman–Crippen MR) is 225 cm³/mol. The number of methoxy groups -OCH3 is 3. The number of carbonyl (C=O) groups excluding carboxylic acids is 1. The topological polar surface area (TPSA) is 135 Å². The van der Waals surface area contributed by atoms with Crippen molar-refractivity contribution in [2.45, 2.75) is 43.7 Å². The lowest BCUT2D eigenvalue weighted by Gasteiger charge is -2.36. The molecule has 2 aliphatic heterocycles. The van der Waals surface area contributed by atoms with Crippen molar-refractivity contribution in [2.24, 2.45) is 0 Å². The molecule has 0 saturated carbocycles. The summed E-state index contributed by atoms with van der Waals surface area (Å²) in [5.41, 5.74) is 4.24. The van der Waals surface area contributed by atoms with Crippen molar-refractivity contribution in [2.75, 3.05) is 65.6 Å². The lowest BCUT2D eigenvalue weighted by Crippen LogP contribution is -2.42. The average molecular weight is 857 g/mol. The van der Waals surface area contributed by atoms with E-state index in [1.54, 1.807) is 33.5 Å². The van der Waals surface area contributed by atoms with Crippen LogP contribution in [0.3, 0.4) is 0 Å². The molecule has 7 rings (SSSR count). The van der Waals surface area contributed by atoms with Crippen molar-refractivity contribution in [3.05, 3.63) is 111 Å². The molecule has 1 unspecified atom stereocenters. The van der Waals surface area contributed by atoms with Crippen molar-refractivity contribution in [3.8, 4) is 17.2 Å². The summed E-state index contributed by atoms with van der Waals surface area (Å²) in [5, 5.41) is 4.76. The number of aromatic nitrogens is 2. The molecule has 2 saturated heterocycles. The molecule has 0 spiro atoms. The molecule has 0 bridgehead atoms. The number of ether oxygens (including phenoxy) is 3. The molecule has 1 atom stereocenters. The first-order valence-electron chi connectivity index (χ1n) is 18.9. The Kier molecular flexibility index (Phi) is 13.7. The molecule has 2 N–H and O–H groups in total. The van der Waals surface area contributed by atoms with Crippen LogP contribution in [0.5, 0.6) is 17.2 Å². The Morgan fingerprint density at radius 3 is 2.21 bits per heavy atom. The van der Waals surface area contributed by atoms with Crippen LogP contribution >= 0.6 is 23.2 Å². The highest BCUT2D eigenvalue weighted by molar-refractivity contribution is 7.85. The van der Waals surface area contributed by atoms with Gasteiger partial charge in [0.05, 0.1) is 55.2 Å².